The molecule has 4 N–H and O–H groups in total. The van der Waals surface area contributed by atoms with E-state index in [2.05, 4.69) is 5.32 Å². The first-order chi connectivity index (χ1) is 10.1. The number of benzene rings is 1. The van der Waals surface area contributed by atoms with E-state index >= 15 is 0 Å². The highest BCUT2D eigenvalue weighted by Crippen LogP contribution is 2.09. The highest BCUT2D eigenvalue weighted by atomic mass is 16.4. The van der Waals surface area contributed by atoms with Crippen molar-refractivity contribution < 1.29 is 24.9 Å². The number of carboxylic acid groups (broad SMARTS) is 1. The molecule has 1 rings (SSSR count). The highest BCUT2D eigenvalue weighted by Gasteiger charge is 2.13. The molecule has 21 heavy (non-hydrogen) atoms. The van der Waals surface area contributed by atoms with Crippen molar-refractivity contribution in [2.75, 3.05) is 32.8 Å². The number of nitrogens with one attached hydrogen (secondary N) is 1. The van der Waals surface area contributed by atoms with Gasteiger partial charge in [0, 0.05) is 19.6 Å². The second kappa shape index (κ2) is 8.93. The smallest absolute Gasteiger partial charge is 0.335 e. The second-order valence-corrected chi connectivity index (χ2v) is 4.38. The molecule has 7 nitrogen and oxygen atoms in total. The van der Waals surface area contributed by atoms with Crippen LogP contribution in [0.1, 0.15) is 15.9 Å². The van der Waals surface area contributed by atoms with Crippen LogP contribution in [0.15, 0.2) is 24.3 Å². The van der Waals surface area contributed by atoms with Crippen LogP contribution in [-0.2, 0) is 6.42 Å². The van der Waals surface area contributed by atoms with Crippen molar-refractivity contribution in [3.05, 3.63) is 35.4 Å². The van der Waals surface area contributed by atoms with E-state index in [9.17, 15) is 9.59 Å². The molecule has 1 aromatic carbocycles. The molecule has 0 spiro atoms. The van der Waals surface area contributed by atoms with E-state index in [4.69, 9.17) is 15.3 Å². The summed E-state index contributed by atoms with van der Waals surface area (Å²) in [6.07, 6.45) is 0.389. The van der Waals surface area contributed by atoms with Crippen LogP contribution >= 0.6 is 0 Å². The maximum atomic E-state index is 11.8. The van der Waals surface area contributed by atoms with Crippen molar-refractivity contribution >= 4 is 12.0 Å². The van der Waals surface area contributed by atoms with Crippen LogP contribution < -0.4 is 5.32 Å². The first-order valence-electron chi connectivity index (χ1n) is 6.65. The van der Waals surface area contributed by atoms with Crippen LogP contribution in [0.2, 0.25) is 0 Å². The zero-order valence-electron chi connectivity index (χ0n) is 11.7. The Bertz CT molecular complexity index is 472. The van der Waals surface area contributed by atoms with Gasteiger partial charge < -0.3 is 25.5 Å². The lowest BCUT2D eigenvalue weighted by atomic mass is 10.0. The molecule has 1 aromatic rings. The molecule has 7 heteroatoms. The van der Waals surface area contributed by atoms with Gasteiger partial charge in [-0.3, -0.25) is 0 Å². The fourth-order valence-corrected chi connectivity index (χ4v) is 1.92. The molecule has 116 valence electrons. The number of carbonyl (C=O) groups excluding carboxylic acids is 1. The first kappa shape index (κ1) is 16.9. The van der Waals surface area contributed by atoms with Crippen LogP contribution in [0.4, 0.5) is 4.79 Å². The Morgan fingerprint density at radius 1 is 1.10 bits per heavy atom. The molecule has 0 saturated heterocycles. The molecule has 0 saturated carbocycles. The summed E-state index contributed by atoms with van der Waals surface area (Å²) in [5.74, 6) is -1.00. The van der Waals surface area contributed by atoms with E-state index in [1.807, 2.05) is 0 Å². The summed E-state index contributed by atoms with van der Waals surface area (Å²) >= 11 is 0. The summed E-state index contributed by atoms with van der Waals surface area (Å²) < 4.78 is 0. The van der Waals surface area contributed by atoms with Gasteiger partial charge in [0.1, 0.15) is 0 Å². The lowest BCUT2D eigenvalue weighted by Gasteiger charge is -2.21. The molecular weight excluding hydrogens is 276 g/mol. The highest BCUT2D eigenvalue weighted by molar-refractivity contribution is 5.89. The predicted molar refractivity (Wildman–Crippen MR) is 76.2 cm³/mol. The Hall–Kier alpha value is -2.12. The SMILES string of the molecule is O=C(O)c1ccccc1CCNC(=O)N(CCO)CCO. The number of nitrogens with zero attached hydrogens (tertiary/aromatic N) is 1. The number of hydrogen-bond acceptors (Lipinski definition) is 4. The average molecular weight is 296 g/mol. The first-order valence-corrected chi connectivity index (χ1v) is 6.65. The van der Waals surface area contributed by atoms with E-state index in [0.717, 1.165) is 0 Å². The third-order valence-corrected chi connectivity index (χ3v) is 2.95. The van der Waals surface area contributed by atoms with Gasteiger partial charge in [-0.25, -0.2) is 9.59 Å². The minimum atomic E-state index is -1.00. The van der Waals surface area contributed by atoms with E-state index in [1.54, 1.807) is 18.2 Å². The van der Waals surface area contributed by atoms with Crippen molar-refractivity contribution in [1.82, 2.24) is 10.2 Å². The van der Waals surface area contributed by atoms with Gasteiger partial charge in [-0.05, 0) is 18.1 Å². The molecular formula is C14H20N2O5. The zero-order chi connectivity index (χ0) is 15.7. The van der Waals surface area contributed by atoms with Crippen LogP contribution in [0.5, 0.6) is 0 Å². The van der Waals surface area contributed by atoms with Gasteiger partial charge in [0.05, 0.1) is 18.8 Å². The molecule has 0 aromatic heterocycles. The van der Waals surface area contributed by atoms with E-state index in [0.29, 0.717) is 12.0 Å². The number of aromatic carboxylic acids is 1. The van der Waals surface area contributed by atoms with Crippen LogP contribution in [0.25, 0.3) is 0 Å². The second-order valence-electron chi connectivity index (χ2n) is 4.38. The summed E-state index contributed by atoms with van der Waals surface area (Å²) in [4.78, 5) is 24.1. The average Bonchev–Trinajstić information content (AvgIpc) is 2.47. The standard InChI is InChI=1S/C14H20N2O5/c17-9-7-16(8-10-18)14(21)15-6-5-11-3-1-2-4-12(11)13(19)20/h1-4,17-18H,5-10H2,(H,15,21)(H,19,20). The predicted octanol–water partition coefficient (Wildman–Crippen LogP) is -0.0765. The Kier molecular flexibility index (Phi) is 7.20. The number of amides is 2. The summed E-state index contributed by atoms with van der Waals surface area (Å²) in [7, 11) is 0. The van der Waals surface area contributed by atoms with Gasteiger partial charge in [0.15, 0.2) is 0 Å². The van der Waals surface area contributed by atoms with Gasteiger partial charge in [-0.15, -0.1) is 0 Å². The Morgan fingerprint density at radius 2 is 1.71 bits per heavy atom. The van der Waals surface area contributed by atoms with Crippen LogP contribution in [0.3, 0.4) is 0 Å². The lowest BCUT2D eigenvalue weighted by Crippen LogP contribution is -2.43. The topological polar surface area (TPSA) is 110 Å². The fourth-order valence-electron chi connectivity index (χ4n) is 1.92. The van der Waals surface area contributed by atoms with Gasteiger partial charge in [0.25, 0.3) is 0 Å². The number of aliphatic hydroxyl groups excluding tert-OH is 2. The molecule has 0 radical (unpaired) electrons. The summed E-state index contributed by atoms with van der Waals surface area (Å²) in [5.41, 5.74) is 0.857. The molecule has 0 bridgehead atoms. The Morgan fingerprint density at radius 3 is 2.29 bits per heavy atom. The maximum Gasteiger partial charge on any atom is 0.335 e. The fraction of sp³-hybridized carbons (Fsp3) is 0.429. The van der Waals surface area contributed by atoms with Gasteiger partial charge in [0.2, 0.25) is 0 Å². The number of aliphatic hydroxyl groups is 2. The van der Waals surface area contributed by atoms with Gasteiger partial charge in [-0.1, -0.05) is 18.2 Å². The van der Waals surface area contributed by atoms with E-state index < -0.39 is 12.0 Å². The number of rotatable bonds is 8. The van der Waals surface area contributed by atoms with E-state index in [-0.39, 0.29) is 38.4 Å². The normalized spacial score (nSPS) is 10.2. The Labute approximate surface area is 122 Å². The molecule has 0 atom stereocenters. The van der Waals surface area contributed by atoms with E-state index in [1.165, 1.54) is 11.0 Å². The zero-order valence-corrected chi connectivity index (χ0v) is 11.7. The Balaban J connectivity index is 2.53. The molecule has 0 aliphatic heterocycles. The monoisotopic (exact) mass is 296 g/mol. The molecule has 0 aliphatic carbocycles. The quantitative estimate of drug-likeness (QED) is 0.536. The van der Waals surface area contributed by atoms with Crippen molar-refractivity contribution in [3.63, 3.8) is 0 Å². The van der Waals surface area contributed by atoms with Crippen LogP contribution in [-0.4, -0.2) is 65.1 Å². The molecule has 2 amide bonds. The number of hydrogen-bond donors (Lipinski definition) is 4. The van der Waals surface area contributed by atoms with Crippen molar-refractivity contribution in [1.29, 1.82) is 0 Å². The number of carboxylic acids is 1. The molecule has 0 unspecified atom stereocenters. The molecule has 0 fully saturated rings. The van der Waals surface area contributed by atoms with Crippen molar-refractivity contribution in [2.45, 2.75) is 6.42 Å². The largest absolute Gasteiger partial charge is 0.478 e. The maximum absolute atomic E-state index is 11.8. The van der Waals surface area contributed by atoms with Crippen molar-refractivity contribution in [3.8, 4) is 0 Å². The van der Waals surface area contributed by atoms with Gasteiger partial charge >= 0.3 is 12.0 Å². The molecule has 0 aliphatic rings. The molecule has 0 heterocycles. The van der Waals surface area contributed by atoms with Crippen LogP contribution in [0, 0.1) is 0 Å². The minimum Gasteiger partial charge on any atom is -0.478 e. The number of carbonyl (C=O) groups is 2. The number of urea groups is 1. The minimum absolute atomic E-state index is 0.137. The summed E-state index contributed by atoms with van der Waals surface area (Å²) in [6.45, 7) is 0.178. The van der Waals surface area contributed by atoms with Gasteiger partial charge in [-0.2, -0.15) is 0 Å². The lowest BCUT2D eigenvalue weighted by molar-refractivity contribution is 0.0695. The van der Waals surface area contributed by atoms with Crippen molar-refractivity contribution in [2.24, 2.45) is 0 Å². The third-order valence-electron chi connectivity index (χ3n) is 2.95. The third kappa shape index (κ3) is 5.41. The summed E-state index contributed by atoms with van der Waals surface area (Å²) in [5, 5.41) is 29.4. The summed E-state index contributed by atoms with van der Waals surface area (Å²) in [6, 6.07) is 6.22.